The highest BCUT2D eigenvalue weighted by molar-refractivity contribution is 7.09. The van der Waals surface area contributed by atoms with E-state index in [9.17, 15) is 0 Å². The van der Waals surface area contributed by atoms with Gasteiger partial charge >= 0.3 is 0 Å². The van der Waals surface area contributed by atoms with E-state index in [1.807, 2.05) is 6.92 Å². The molecule has 1 fully saturated rings. The van der Waals surface area contributed by atoms with E-state index in [-0.39, 0.29) is 5.60 Å². The molecular weight excluding hydrogens is 174 g/mol. The minimum Gasteiger partial charge on any atom is -0.374 e. The van der Waals surface area contributed by atoms with Crippen molar-refractivity contribution in [3.8, 4) is 0 Å². The van der Waals surface area contributed by atoms with Crippen molar-refractivity contribution < 1.29 is 4.74 Å². The van der Waals surface area contributed by atoms with Gasteiger partial charge in [0.2, 0.25) is 0 Å². The molecule has 0 amide bonds. The fourth-order valence-electron chi connectivity index (χ4n) is 1.41. The molecule has 66 valence electrons. The molecule has 1 unspecified atom stereocenters. The fourth-order valence-corrected chi connectivity index (χ4v) is 1.95. The first-order valence-corrected chi connectivity index (χ1v) is 4.72. The van der Waals surface area contributed by atoms with Crippen molar-refractivity contribution in [3.63, 3.8) is 0 Å². The summed E-state index contributed by atoms with van der Waals surface area (Å²) in [6.45, 7) is 2.82. The average molecular weight is 185 g/mol. The Balaban J connectivity index is 2.28. The van der Waals surface area contributed by atoms with Crippen LogP contribution in [0.25, 0.3) is 0 Å². The maximum Gasteiger partial charge on any atom is 0.200 e. The Kier molecular flexibility index (Phi) is 1.77. The number of rotatable bonds is 1. The molecule has 2 heterocycles. The lowest BCUT2D eigenvalue weighted by molar-refractivity contribution is 0.0104. The number of anilines is 1. The fraction of sp³-hybridized carbons (Fsp3) is 0.714. The first-order valence-electron chi connectivity index (χ1n) is 3.94. The molecule has 1 aliphatic heterocycles. The molecule has 0 aromatic carbocycles. The minimum atomic E-state index is -0.284. The monoisotopic (exact) mass is 185 g/mol. The van der Waals surface area contributed by atoms with Crippen LogP contribution >= 0.6 is 11.5 Å². The van der Waals surface area contributed by atoms with E-state index in [1.54, 1.807) is 0 Å². The molecule has 1 atom stereocenters. The maximum atomic E-state index is 5.57. The summed E-state index contributed by atoms with van der Waals surface area (Å²) in [5.74, 6) is 0.738. The van der Waals surface area contributed by atoms with E-state index in [0.717, 1.165) is 25.3 Å². The van der Waals surface area contributed by atoms with Gasteiger partial charge in [-0.05, 0) is 19.8 Å². The Bertz CT molecular complexity index is 280. The van der Waals surface area contributed by atoms with Crippen LogP contribution in [0.4, 0.5) is 5.13 Å². The van der Waals surface area contributed by atoms with Crippen LogP contribution < -0.4 is 5.73 Å². The van der Waals surface area contributed by atoms with Crippen molar-refractivity contribution in [2.45, 2.75) is 25.4 Å². The third kappa shape index (κ3) is 1.19. The molecule has 0 spiro atoms. The van der Waals surface area contributed by atoms with Crippen LogP contribution in [0.5, 0.6) is 0 Å². The lowest BCUT2D eigenvalue weighted by atomic mass is 10.0. The Morgan fingerprint density at radius 1 is 1.67 bits per heavy atom. The van der Waals surface area contributed by atoms with Crippen molar-refractivity contribution in [3.05, 3.63) is 5.82 Å². The van der Waals surface area contributed by atoms with E-state index in [2.05, 4.69) is 9.36 Å². The van der Waals surface area contributed by atoms with Crippen LogP contribution in [0.1, 0.15) is 25.6 Å². The number of hydrogen-bond acceptors (Lipinski definition) is 5. The van der Waals surface area contributed by atoms with Crippen molar-refractivity contribution in [1.29, 1.82) is 0 Å². The van der Waals surface area contributed by atoms with Gasteiger partial charge in [-0.2, -0.15) is 4.37 Å². The predicted octanol–water partition coefficient (Wildman–Crippen LogP) is 1.15. The normalized spacial score (nSPS) is 29.4. The maximum absolute atomic E-state index is 5.57. The highest BCUT2D eigenvalue weighted by Crippen LogP contribution is 2.34. The van der Waals surface area contributed by atoms with Crippen LogP contribution in [0.2, 0.25) is 0 Å². The molecule has 1 saturated heterocycles. The van der Waals surface area contributed by atoms with Crippen molar-refractivity contribution >= 4 is 16.7 Å². The van der Waals surface area contributed by atoms with Gasteiger partial charge in [-0.1, -0.05) is 0 Å². The van der Waals surface area contributed by atoms with Gasteiger partial charge in [0.25, 0.3) is 0 Å². The third-order valence-corrected chi connectivity index (χ3v) is 2.68. The van der Waals surface area contributed by atoms with Crippen LogP contribution in [0, 0.1) is 0 Å². The summed E-state index contributed by atoms with van der Waals surface area (Å²) in [5, 5.41) is 0.515. The van der Waals surface area contributed by atoms with Gasteiger partial charge in [-0.25, -0.2) is 4.98 Å². The highest BCUT2D eigenvalue weighted by Gasteiger charge is 2.35. The zero-order valence-corrected chi connectivity index (χ0v) is 7.73. The van der Waals surface area contributed by atoms with Gasteiger partial charge in [0.05, 0.1) is 0 Å². The standard InChI is InChI=1S/C7H11N3OS/c1-7(3-2-4-11-7)5-9-6(8)12-10-5/h2-4H2,1H3,(H2,8,9,10). The molecule has 4 nitrogen and oxygen atoms in total. The lowest BCUT2D eigenvalue weighted by Crippen LogP contribution is -2.21. The Labute approximate surface area is 74.9 Å². The van der Waals surface area contributed by atoms with Crippen LogP contribution in [-0.4, -0.2) is 16.0 Å². The van der Waals surface area contributed by atoms with Crippen molar-refractivity contribution in [1.82, 2.24) is 9.36 Å². The predicted molar refractivity (Wildman–Crippen MR) is 46.9 cm³/mol. The van der Waals surface area contributed by atoms with Gasteiger partial charge < -0.3 is 10.5 Å². The first kappa shape index (κ1) is 7.94. The number of nitrogens with zero attached hydrogens (tertiary/aromatic N) is 2. The van der Waals surface area contributed by atoms with Crippen LogP contribution in [0.3, 0.4) is 0 Å². The third-order valence-electron chi connectivity index (χ3n) is 2.13. The van der Waals surface area contributed by atoms with Gasteiger partial charge in [0.15, 0.2) is 11.0 Å². The molecule has 1 aromatic rings. The zero-order chi connectivity index (χ0) is 8.60. The minimum absolute atomic E-state index is 0.284. The summed E-state index contributed by atoms with van der Waals surface area (Å²) >= 11 is 1.23. The molecule has 0 bridgehead atoms. The van der Waals surface area contributed by atoms with Gasteiger partial charge in [-0.3, -0.25) is 0 Å². The zero-order valence-electron chi connectivity index (χ0n) is 6.91. The average Bonchev–Trinajstić information content (AvgIpc) is 2.59. The van der Waals surface area contributed by atoms with Gasteiger partial charge in [0, 0.05) is 18.1 Å². The second kappa shape index (κ2) is 2.67. The van der Waals surface area contributed by atoms with E-state index < -0.39 is 0 Å². The molecule has 0 aliphatic carbocycles. The van der Waals surface area contributed by atoms with E-state index in [1.165, 1.54) is 11.5 Å². The van der Waals surface area contributed by atoms with Gasteiger partial charge in [-0.15, -0.1) is 0 Å². The second-order valence-corrected chi connectivity index (χ2v) is 3.92. The number of nitrogen functional groups attached to an aromatic ring is 1. The molecule has 2 N–H and O–H groups in total. The van der Waals surface area contributed by atoms with E-state index in [0.29, 0.717) is 5.13 Å². The molecule has 5 heteroatoms. The number of ether oxygens (including phenoxy) is 1. The molecular formula is C7H11N3OS. The number of hydrogen-bond donors (Lipinski definition) is 1. The molecule has 0 radical (unpaired) electrons. The van der Waals surface area contributed by atoms with E-state index >= 15 is 0 Å². The highest BCUT2D eigenvalue weighted by atomic mass is 32.1. The van der Waals surface area contributed by atoms with Crippen LogP contribution in [-0.2, 0) is 10.3 Å². The second-order valence-electron chi connectivity index (χ2n) is 3.14. The summed E-state index contributed by atoms with van der Waals surface area (Å²) in [6.07, 6.45) is 2.07. The lowest BCUT2D eigenvalue weighted by Gasteiger charge is -2.18. The summed E-state index contributed by atoms with van der Waals surface area (Å²) in [6, 6.07) is 0. The Hall–Kier alpha value is -0.680. The molecule has 1 aromatic heterocycles. The molecule has 1 aliphatic rings. The summed E-state index contributed by atoms with van der Waals surface area (Å²) in [4.78, 5) is 4.12. The topological polar surface area (TPSA) is 61.0 Å². The van der Waals surface area contributed by atoms with Crippen LogP contribution in [0.15, 0.2) is 0 Å². The quantitative estimate of drug-likeness (QED) is 0.712. The number of aromatic nitrogens is 2. The summed E-state index contributed by atoms with van der Waals surface area (Å²) in [5.41, 5.74) is 5.21. The first-order chi connectivity index (χ1) is 5.71. The van der Waals surface area contributed by atoms with Gasteiger partial charge in [0.1, 0.15) is 5.60 Å². The number of nitrogens with two attached hydrogens (primary N) is 1. The smallest absolute Gasteiger partial charge is 0.200 e. The largest absolute Gasteiger partial charge is 0.374 e. The summed E-state index contributed by atoms with van der Waals surface area (Å²) < 4.78 is 9.72. The van der Waals surface area contributed by atoms with E-state index in [4.69, 9.17) is 10.5 Å². The molecule has 0 saturated carbocycles. The Morgan fingerprint density at radius 2 is 2.50 bits per heavy atom. The Morgan fingerprint density at radius 3 is 3.00 bits per heavy atom. The summed E-state index contributed by atoms with van der Waals surface area (Å²) in [7, 11) is 0. The molecule has 12 heavy (non-hydrogen) atoms. The molecule has 2 rings (SSSR count). The SMILES string of the molecule is CC1(c2nsc(N)n2)CCCO1. The van der Waals surface area contributed by atoms with Crippen molar-refractivity contribution in [2.75, 3.05) is 12.3 Å². The van der Waals surface area contributed by atoms with Crippen molar-refractivity contribution in [2.24, 2.45) is 0 Å².